The van der Waals surface area contributed by atoms with Crippen molar-refractivity contribution in [3.05, 3.63) is 35.6 Å². The Morgan fingerprint density at radius 3 is 2.53 bits per heavy atom. The van der Waals surface area contributed by atoms with E-state index < -0.39 is 6.04 Å². The maximum atomic E-state index is 12.7. The number of hydrogen-bond acceptors (Lipinski definition) is 3. The van der Waals surface area contributed by atoms with Crippen molar-refractivity contribution in [1.82, 2.24) is 5.32 Å². The Hall–Kier alpha value is -1.42. The van der Waals surface area contributed by atoms with E-state index in [1.54, 1.807) is 26.1 Å². The molecular formula is C11H14FNO2. The number of hydrogen-bond donors (Lipinski definition) is 1. The molecular weight excluding hydrogens is 197 g/mol. The fourth-order valence-corrected chi connectivity index (χ4v) is 1.30. The van der Waals surface area contributed by atoms with Crippen molar-refractivity contribution in [2.75, 3.05) is 13.7 Å². The van der Waals surface area contributed by atoms with E-state index in [2.05, 4.69) is 5.32 Å². The molecule has 0 aliphatic carbocycles. The first kappa shape index (κ1) is 11.7. The van der Waals surface area contributed by atoms with Gasteiger partial charge in [0.25, 0.3) is 0 Å². The fraction of sp³-hybridized carbons (Fsp3) is 0.364. The summed E-state index contributed by atoms with van der Waals surface area (Å²) in [5.74, 6) is -0.677. The summed E-state index contributed by atoms with van der Waals surface area (Å²) < 4.78 is 17.6. The Balaban J connectivity index is 2.82. The Kier molecular flexibility index (Phi) is 4.24. The van der Waals surface area contributed by atoms with E-state index in [0.29, 0.717) is 12.2 Å². The fourth-order valence-electron chi connectivity index (χ4n) is 1.30. The minimum absolute atomic E-state index is 0.322. The van der Waals surface area contributed by atoms with Crippen molar-refractivity contribution in [2.45, 2.75) is 13.0 Å². The number of esters is 1. The largest absolute Gasteiger partial charge is 0.465 e. The van der Waals surface area contributed by atoms with Crippen LogP contribution in [0.25, 0.3) is 0 Å². The normalized spacial score (nSPS) is 12.2. The highest BCUT2D eigenvalue weighted by molar-refractivity contribution is 5.77. The molecule has 0 heterocycles. The summed E-state index contributed by atoms with van der Waals surface area (Å²) in [5, 5.41) is 2.83. The summed E-state index contributed by atoms with van der Waals surface area (Å²) in [6.45, 7) is 2.08. The Morgan fingerprint density at radius 1 is 1.47 bits per heavy atom. The van der Waals surface area contributed by atoms with Gasteiger partial charge in [-0.25, -0.2) is 9.18 Å². The molecule has 0 fully saturated rings. The van der Waals surface area contributed by atoms with Crippen molar-refractivity contribution in [3.63, 3.8) is 0 Å². The third-order valence-electron chi connectivity index (χ3n) is 2.01. The molecule has 82 valence electrons. The molecule has 1 unspecified atom stereocenters. The highest BCUT2D eigenvalue weighted by Gasteiger charge is 2.19. The van der Waals surface area contributed by atoms with Gasteiger partial charge in [0.15, 0.2) is 0 Å². The number of likely N-dealkylation sites (N-methyl/N-ethyl adjacent to an activating group) is 1. The van der Waals surface area contributed by atoms with Gasteiger partial charge in [0.1, 0.15) is 11.9 Å². The monoisotopic (exact) mass is 211 g/mol. The standard InChI is InChI=1S/C11H14FNO2/c1-3-15-11(14)10(13-2)8-4-6-9(12)7-5-8/h4-7,10,13H,3H2,1-2H3. The summed E-state index contributed by atoms with van der Waals surface area (Å²) in [7, 11) is 1.66. The van der Waals surface area contributed by atoms with Gasteiger partial charge in [-0.2, -0.15) is 0 Å². The van der Waals surface area contributed by atoms with Crippen LogP contribution in [0.4, 0.5) is 4.39 Å². The second-order valence-corrected chi connectivity index (χ2v) is 3.03. The Labute approximate surface area is 88.2 Å². The molecule has 0 saturated carbocycles. The van der Waals surface area contributed by atoms with Crippen LogP contribution in [0.15, 0.2) is 24.3 Å². The van der Waals surface area contributed by atoms with Crippen LogP contribution < -0.4 is 5.32 Å². The molecule has 15 heavy (non-hydrogen) atoms. The zero-order valence-electron chi connectivity index (χ0n) is 8.79. The number of benzene rings is 1. The van der Waals surface area contributed by atoms with Gasteiger partial charge in [0.05, 0.1) is 6.61 Å². The summed E-state index contributed by atoms with van der Waals surface area (Å²) in [4.78, 5) is 11.5. The third kappa shape index (κ3) is 3.02. The molecule has 0 saturated heterocycles. The zero-order valence-corrected chi connectivity index (χ0v) is 8.79. The molecule has 1 rings (SSSR count). The minimum Gasteiger partial charge on any atom is -0.465 e. The topological polar surface area (TPSA) is 38.3 Å². The smallest absolute Gasteiger partial charge is 0.327 e. The van der Waals surface area contributed by atoms with Crippen molar-refractivity contribution in [3.8, 4) is 0 Å². The van der Waals surface area contributed by atoms with E-state index in [1.807, 2.05) is 0 Å². The molecule has 0 aromatic heterocycles. The van der Waals surface area contributed by atoms with Crippen molar-refractivity contribution in [1.29, 1.82) is 0 Å². The molecule has 1 N–H and O–H groups in total. The Bertz CT molecular complexity index is 324. The van der Waals surface area contributed by atoms with E-state index in [4.69, 9.17) is 4.74 Å². The highest BCUT2D eigenvalue weighted by Crippen LogP contribution is 2.14. The average molecular weight is 211 g/mol. The lowest BCUT2D eigenvalue weighted by Crippen LogP contribution is -2.27. The molecule has 1 atom stereocenters. The lowest BCUT2D eigenvalue weighted by molar-refractivity contribution is -0.145. The summed E-state index contributed by atoms with van der Waals surface area (Å²) >= 11 is 0. The van der Waals surface area contributed by atoms with E-state index in [-0.39, 0.29) is 11.8 Å². The number of nitrogens with one attached hydrogen (secondary N) is 1. The van der Waals surface area contributed by atoms with Gasteiger partial charge >= 0.3 is 5.97 Å². The maximum absolute atomic E-state index is 12.7. The number of ether oxygens (including phenoxy) is 1. The van der Waals surface area contributed by atoms with Crippen LogP contribution in [0, 0.1) is 5.82 Å². The molecule has 0 spiro atoms. The minimum atomic E-state index is -0.537. The molecule has 0 bridgehead atoms. The Morgan fingerprint density at radius 2 is 2.07 bits per heavy atom. The van der Waals surface area contributed by atoms with Crippen molar-refractivity contribution in [2.24, 2.45) is 0 Å². The van der Waals surface area contributed by atoms with Gasteiger partial charge in [0.2, 0.25) is 0 Å². The maximum Gasteiger partial charge on any atom is 0.327 e. The first-order chi connectivity index (χ1) is 7.19. The number of carbonyl (C=O) groups is 1. The summed E-state index contributed by atoms with van der Waals surface area (Å²) in [6.07, 6.45) is 0. The molecule has 0 amide bonds. The lowest BCUT2D eigenvalue weighted by Gasteiger charge is -2.14. The van der Waals surface area contributed by atoms with Crippen molar-refractivity contribution >= 4 is 5.97 Å². The van der Waals surface area contributed by atoms with Crippen LogP contribution in [0.3, 0.4) is 0 Å². The van der Waals surface area contributed by atoms with Gasteiger partial charge in [-0.1, -0.05) is 12.1 Å². The van der Waals surface area contributed by atoms with Crippen LogP contribution in [0.1, 0.15) is 18.5 Å². The van der Waals surface area contributed by atoms with Gasteiger partial charge in [-0.15, -0.1) is 0 Å². The van der Waals surface area contributed by atoms with Crippen LogP contribution in [0.2, 0.25) is 0 Å². The van der Waals surface area contributed by atoms with E-state index in [1.165, 1.54) is 12.1 Å². The highest BCUT2D eigenvalue weighted by atomic mass is 19.1. The van der Waals surface area contributed by atoms with Crippen LogP contribution >= 0.6 is 0 Å². The van der Waals surface area contributed by atoms with Crippen molar-refractivity contribution < 1.29 is 13.9 Å². The second-order valence-electron chi connectivity index (χ2n) is 3.03. The van der Waals surface area contributed by atoms with E-state index in [9.17, 15) is 9.18 Å². The van der Waals surface area contributed by atoms with Gasteiger partial charge in [-0.3, -0.25) is 0 Å². The number of halogens is 1. The van der Waals surface area contributed by atoms with E-state index in [0.717, 1.165) is 0 Å². The predicted octanol–water partition coefficient (Wildman–Crippen LogP) is 1.65. The van der Waals surface area contributed by atoms with Gasteiger partial charge < -0.3 is 10.1 Å². The van der Waals surface area contributed by atoms with Crippen LogP contribution in [0.5, 0.6) is 0 Å². The summed E-state index contributed by atoms with van der Waals surface area (Å²) in [5.41, 5.74) is 0.692. The number of rotatable bonds is 4. The van der Waals surface area contributed by atoms with Crippen LogP contribution in [-0.4, -0.2) is 19.6 Å². The predicted molar refractivity (Wildman–Crippen MR) is 54.8 cm³/mol. The van der Waals surface area contributed by atoms with E-state index >= 15 is 0 Å². The first-order valence-electron chi connectivity index (χ1n) is 4.78. The molecule has 0 aliphatic rings. The number of carbonyl (C=O) groups excluding carboxylic acids is 1. The molecule has 1 aromatic rings. The summed E-state index contributed by atoms with van der Waals surface area (Å²) in [6, 6.07) is 5.23. The lowest BCUT2D eigenvalue weighted by atomic mass is 10.1. The SMILES string of the molecule is CCOC(=O)C(NC)c1ccc(F)cc1. The molecule has 4 heteroatoms. The zero-order chi connectivity index (χ0) is 11.3. The quantitative estimate of drug-likeness (QED) is 0.769. The molecule has 0 aliphatic heterocycles. The van der Waals surface area contributed by atoms with Gasteiger partial charge in [0, 0.05) is 0 Å². The van der Waals surface area contributed by atoms with Crippen LogP contribution in [-0.2, 0) is 9.53 Å². The molecule has 0 radical (unpaired) electrons. The third-order valence-corrected chi connectivity index (χ3v) is 2.01. The molecule has 3 nitrogen and oxygen atoms in total. The average Bonchev–Trinajstić information content (AvgIpc) is 2.22. The second kappa shape index (κ2) is 5.46. The first-order valence-corrected chi connectivity index (χ1v) is 4.78. The van der Waals surface area contributed by atoms with Gasteiger partial charge in [-0.05, 0) is 31.7 Å². The molecule has 1 aromatic carbocycles.